The van der Waals surface area contributed by atoms with Gasteiger partial charge in [0.2, 0.25) is 0 Å². The predicted octanol–water partition coefficient (Wildman–Crippen LogP) is 2.06. The largest absolute Gasteiger partial charge is 0.497 e. The molecule has 0 radical (unpaired) electrons. The number of nitrogens with zero attached hydrogens (tertiary/aromatic N) is 2. The van der Waals surface area contributed by atoms with Gasteiger partial charge in [-0.25, -0.2) is 10.2 Å². The Morgan fingerprint density at radius 2 is 2.04 bits per heavy atom. The van der Waals surface area contributed by atoms with Crippen molar-refractivity contribution >= 4 is 23.2 Å². The second-order valence-electron chi connectivity index (χ2n) is 5.49. The SMILES string of the molecule is COc1ccc(/C=N/NC(=O)Cn2c(=O)oc3ccc(C)cc32)cc1. The monoisotopic (exact) mass is 339 g/mol. The molecular weight excluding hydrogens is 322 g/mol. The molecule has 0 aliphatic rings. The Balaban J connectivity index is 1.68. The van der Waals surface area contributed by atoms with Crippen molar-refractivity contribution in [2.24, 2.45) is 5.10 Å². The first-order valence-corrected chi connectivity index (χ1v) is 7.63. The molecule has 0 unspecified atom stereocenters. The molecule has 0 aliphatic carbocycles. The van der Waals surface area contributed by atoms with Gasteiger partial charge in [-0.15, -0.1) is 0 Å². The minimum atomic E-state index is -0.574. The zero-order chi connectivity index (χ0) is 17.8. The lowest BCUT2D eigenvalue weighted by molar-refractivity contribution is -0.121. The third-order valence-corrected chi connectivity index (χ3v) is 3.64. The van der Waals surface area contributed by atoms with Crippen LogP contribution in [0.5, 0.6) is 5.75 Å². The maximum atomic E-state index is 12.0. The van der Waals surface area contributed by atoms with Gasteiger partial charge in [0.15, 0.2) is 5.58 Å². The molecule has 2 aromatic carbocycles. The van der Waals surface area contributed by atoms with Crippen LogP contribution in [0.2, 0.25) is 0 Å². The molecule has 25 heavy (non-hydrogen) atoms. The third kappa shape index (κ3) is 3.77. The Kier molecular flexibility index (Phi) is 4.65. The summed E-state index contributed by atoms with van der Waals surface area (Å²) < 4.78 is 11.5. The molecule has 3 rings (SSSR count). The Labute approximate surface area is 143 Å². The third-order valence-electron chi connectivity index (χ3n) is 3.64. The molecule has 1 amide bonds. The van der Waals surface area contributed by atoms with Crippen LogP contribution in [-0.2, 0) is 11.3 Å². The quantitative estimate of drug-likeness (QED) is 0.569. The predicted molar refractivity (Wildman–Crippen MR) is 93.9 cm³/mol. The van der Waals surface area contributed by atoms with Crippen molar-refractivity contribution < 1.29 is 13.9 Å². The van der Waals surface area contributed by atoms with Gasteiger partial charge in [-0.05, 0) is 54.4 Å². The molecule has 7 nitrogen and oxygen atoms in total. The van der Waals surface area contributed by atoms with Crippen LogP contribution in [-0.4, -0.2) is 23.8 Å². The molecule has 1 aromatic heterocycles. The second-order valence-corrected chi connectivity index (χ2v) is 5.49. The number of fused-ring (bicyclic) bond motifs is 1. The van der Waals surface area contributed by atoms with Crippen LogP contribution in [0.4, 0.5) is 0 Å². The second kappa shape index (κ2) is 7.04. The number of oxazole rings is 1. The summed E-state index contributed by atoms with van der Waals surface area (Å²) in [5.41, 5.74) is 5.21. The van der Waals surface area contributed by atoms with Crippen molar-refractivity contribution in [1.29, 1.82) is 0 Å². The van der Waals surface area contributed by atoms with E-state index in [1.807, 2.05) is 25.1 Å². The molecule has 1 N–H and O–H groups in total. The van der Waals surface area contributed by atoms with E-state index < -0.39 is 11.7 Å². The van der Waals surface area contributed by atoms with Crippen LogP contribution in [0.1, 0.15) is 11.1 Å². The van der Waals surface area contributed by atoms with Gasteiger partial charge in [-0.3, -0.25) is 9.36 Å². The molecule has 128 valence electrons. The average Bonchev–Trinajstić information content (AvgIpc) is 2.91. The molecule has 0 atom stereocenters. The normalized spacial score (nSPS) is 11.1. The summed E-state index contributed by atoms with van der Waals surface area (Å²) in [6.45, 7) is 1.73. The van der Waals surface area contributed by atoms with Crippen LogP contribution in [0.15, 0.2) is 56.8 Å². The van der Waals surface area contributed by atoms with Gasteiger partial charge >= 0.3 is 5.76 Å². The number of amides is 1. The Morgan fingerprint density at radius 1 is 1.28 bits per heavy atom. The number of aryl methyl sites for hydroxylation is 1. The van der Waals surface area contributed by atoms with Gasteiger partial charge in [-0.1, -0.05) is 6.07 Å². The Morgan fingerprint density at radius 3 is 2.76 bits per heavy atom. The maximum Gasteiger partial charge on any atom is 0.420 e. The lowest BCUT2D eigenvalue weighted by atomic mass is 10.2. The number of aromatic nitrogens is 1. The molecule has 0 bridgehead atoms. The van der Waals surface area contributed by atoms with Gasteiger partial charge in [0.25, 0.3) is 5.91 Å². The first kappa shape index (κ1) is 16.5. The fourth-order valence-electron chi connectivity index (χ4n) is 2.37. The van der Waals surface area contributed by atoms with E-state index in [4.69, 9.17) is 9.15 Å². The standard InChI is InChI=1S/C18H17N3O4/c1-12-3-8-16-15(9-12)21(18(23)25-16)11-17(22)20-19-10-13-4-6-14(24-2)7-5-13/h3-10H,11H2,1-2H3,(H,20,22)/b19-10+. The van der Waals surface area contributed by atoms with Crippen LogP contribution in [0.25, 0.3) is 11.1 Å². The molecule has 0 saturated heterocycles. The smallest absolute Gasteiger partial charge is 0.420 e. The van der Waals surface area contributed by atoms with E-state index in [-0.39, 0.29) is 6.54 Å². The van der Waals surface area contributed by atoms with E-state index in [1.165, 1.54) is 10.8 Å². The Bertz CT molecular complexity index is 984. The summed E-state index contributed by atoms with van der Waals surface area (Å²) >= 11 is 0. The van der Waals surface area contributed by atoms with Crippen molar-refractivity contribution in [3.63, 3.8) is 0 Å². The van der Waals surface area contributed by atoms with Crippen molar-refractivity contribution in [2.45, 2.75) is 13.5 Å². The number of nitrogens with one attached hydrogen (secondary N) is 1. The molecule has 1 heterocycles. The van der Waals surface area contributed by atoms with Crippen molar-refractivity contribution in [2.75, 3.05) is 7.11 Å². The van der Waals surface area contributed by atoms with Crippen molar-refractivity contribution in [3.8, 4) is 5.75 Å². The van der Waals surface area contributed by atoms with E-state index in [2.05, 4.69) is 10.5 Å². The first-order chi connectivity index (χ1) is 12.1. The number of ether oxygens (including phenoxy) is 1. The zero-order valence-corrected chi connectivity index (χ0v) is 13.9. The number of carbonyl (C=O) groups is 1. The van der Waals surface area contributed by atoms with Gasteiger partial charge < -0.3 is 9.15 Å². The summed E-state index contributed by atoms with van der Waals surface area (Å²) in [5.74, 6) is -0.256. The lowest BCUT2D eigenvalue weighted by Crippen LogP contribution is -2.27. The number of benzene rings is 2. The van der Waals surface area contributed by atoms with Crippen LogP contribution < -0.4 is 15.9 Å². The summed E-state index contributed by atoms with van der Waals surface area (Å²) in [4.78, 5) is 23.9. The molecule has 3 aromatic rings. The van der Waals surface area contributed by atoms with E-state index >= 15 is 0 Å². The van der Waals surface area contributed by atoms with E-state index in [9.17, 15) is 9.59 Å². The minimum Gasteiger partial charge on any atom is -0.497 e. The molecular formula is C18H17N3O4. The highest BCUT2D eigenvalue weighted by molar-refractivity contribution is 5.83. The highest BCUT2D eigenvalue weighted by atomic mass is 16.5. The number of hydrogen-bond acceptors (Lipinski definition) is 5. The van der Waals surface area contributed by atoms with Crippen molar-refractivity contribution in [1.82, 2.24) is 9.99 Å². The highest BCUT2D eigenvalue weighted by Crippen LogP contribution is 2.14. The fraction of sp³-hybridized carbons (Fsp3) is 0.167. The summed E-state index contributed by atoms with van der Waals surface area (Å²) in [6, 6.07) is 12.6. The van der Waals surface area contributed by atoms with Gasteiger partial charge in [0, 0.05) is 0 Å². The fourth-order valence-corrected chi connectivity index (χ4v) is 2.37. The summed E-state index contributed by atoms with van der Waals surface area (Å²) in [6.07, 6.45) is 1.51. The lowest BCUT2D eigenvalue weighted by Gasteiger charge is -2.02. The van der Waals surface area contributed by atoms with E-state index in [0.29, 0.717) is 11.1 Å². The zero-order valence-electron chi connectivity index (χ0n) is 13.9. The van der Waals surface area contributed by atoms with Gasteiger partial charge in [0.05, 0.1) is 18.8 Å². The minimum absolute atomic E-state index is 0.171. The number of rotatable bonds is 5. The van der Waals surface area contributed by atoms with E-state index in [0.717, 1.165) is 16.9 Å². The summed E-state index contributed by atoms with van der Waals surface area (Å²) in [5, 5.41) is 3.89. The molecule has 7 heteroatoms. The number of carbonyl (C=O) groups excluding carboxylic acids is 1. The first-order valence-electron chi connectivity index (χ1n) is 7.63. The van der Waals surface area contributed by atoms with Gasteiger partial charge in [-0.2, -0.15) is 5.10 Å². The van der Waals surface area contributed by atoms with Crippen LogP contribution >= 0.6 is 0 Å². The number of methoxy groups -OCH3 is 1. The molecule has 0 aliphatic heterocycles. The average molecular weight is 339 g/mol. The molecule has 0 spiro atoms. The van der Waals surface area contributed by atoms with Gasteiger partial charge in [0.1, 0.15) is 12.3 Å². The van der Waals surface area contributed by atoms with Crippen LogP contribution in [0, 0.1) is 6.92 Å². The van der Waals surface area contributed by atoms with Crippen LogP contribution in [0.3, 0.4) is 0 Å². The highest BCUT2D eigenvalue weighted by Gasteiger charge is 2.12. The Hall–Kier alpha value is -3.35. The topological polar surface area (TPSA) is 85.8 Å². The number of hydrazone groups is 1. The van der Waals surface area contributed by atoms with Crippen molar-refractivity contribution in [3.05, 3.63) is 64.1 Å². The number of hydrogen-bond donors (Lipinski definition) is 1. The van der Waals surface area contributed by atoms with E-state index in [1.54, 1.807) is 31.4 Å². The maximum absolute atomic E-state index is 12.0. The molecule has 0 saturated carbocycles. The molecule has 0 fully saturated rings. The summed E-state index contributed by atoms with van der Waals surface area (Å²) in [7, 11) is 1.59.